The van der Waals surface area contributed by atoms with Crippen molar-refractivity contribution in [2.75, 3.05) is 0 Å². The Hall–Kier alpha value is -0.200. The molecule has 0 atom stereocenters. The second-order valence-electron chi connectivity index (χ2n) is 2.35. The fourth-order valence-electron chi connectivity index (χ4n) is 0.950. The predicted octanol–water partition coefficient (Wildman–Crippen LogP) is 3.46. The molecule has 0 saturated heterocycles. The van der Waals surface area contributed by atoms with Crippen molar-refractivity contribution < 1.29 is 0 Å². The van der Waals surface area contributed by atoms with Gasteiger partial charge in [0.15, 0.2) is 0 Å². The van der Waals surface area contributed by atoms with Gasteiger partial charge in [0.25, 0.3) is 0 Å². The zero-order chi connectivity index (χ0) is 9.26. The minimum Gasteiger partial charge on any atom is -0.210 e. The van der Waals surface area contributed by atoms with E-state index in [0.29, 0.717) is 0 Å². The fourth-order valence-corrected chi connectivity index (χ4v) is 2.54. The van der Waals surface area contributed by atoms with Crippen LogP contribution in [0, 0.1) is 3.83 Å². The average molecular weight is 323 g/mol. The normalized spacial score (nSPS) is 10.3. The van der Waals surface area contributed by atoms with Crippen LogP contribution in [-0.4, -0.2) is 9.36 Å². The highest BCUT2D eigenvalue weighted by Crippen LogP contribution is 2.28. The molecule has 0 spiro atoms. The first-order chi connectivity index (χ1) is 6.27. The molecule has 0 bridgehead atoms. The van der Waals surface area contributed by atoms with Gasteiger partial charge in [-0.25, -0.2) is 4.98 Å². The molecule has 0 aliphatic carbocycles. The van der Waals surface area contributed by atoms with Crippen LogP contribution in [0.4, 0.5) is 0 Å². The molecule has 5 heteroatoms. The SMILES string of the molecule is Clc1ccccc1-c1nc(I)ns1. The summed E-state index contributed by atoms with van der Waals surface area (Å²) >= 11 is 9.45. The fraction of sp³-hybridized carbons (Fsp3) is 0. The van der Waals surface area contributed by atoms with Gasteiger partial charge in [-0.15, -0.1) is 0 Å². The molecule has 0 amide bonds. The van der Waals surface area contributed by atoms with E-state index in [2.05, 4.69) is 31.9 Å². The molecule has 0 aliphatic heterocycles. The van der Waals surface area contributed by atoms with E-state index in [1.807, 2.05) is 24.3 Å². The molecule has 66 valence electrons. The molecule has 2 nitrogen and oxygen atoms in total. The summed E-state index contributed by atoms with van der Waals surface area (Å²) in [5.74, 6) is 0. The zero-order valence-corrected chi connectivity index (χ0v) is 10.1. The van der Waals surface area contributed by atoms with Crippen LogP contribution in [0.5, 0.6) is 0 Å². The third-order valence-corrected chi connectivity index (χ3v) is 3.39. The van der Waals surface area contributed by atoms with E-state index in [-0.39, 0.29) is 0 Å². The Morgan fingerprint density at radius 2 is 2.08 bits per heavy atom. The van der Waals surface area contributed by atoms with E-state index >= 15 is 0 Å². The maximum absolute atomic E-state index is 6.00. The summed E-state index contributed by atoms with van der Waals surface area (Å²) in [6.07, 6.45) is 0. The van der Waals surface area contributed by atoms with Gasteiger partial charge in [0.05, 0.1) is 5.02 Å². The Morgan fingerprint density at radius 3 is 2.69 bits per heavy atom. The highest BCUT2D eigenvalue weighted by molar-refractivity contribution is 14.1. The van der Waals surface area contributed by atoms with Crippen molar-refractivity contribution >= 4 is 45.7 Å². The van der Waals surface area contributed by atoms with Gasteiger partial charge < -0.3 is 0 Å². The molecular formula is C8H4ClIN2S. The first kappa shape index (κ1) is 9.36. The summed E-state index contributed by atoms with van der Waals surface area (Å²) in [6.45, 7) is 0. The first-order valence-corrected chi connectivity index (χ1v) is 5.74. The highest BCUT2D eigenvalue weighted by Gasteiger charge is 2.07. The van der Waals surface area contributed by atoms with E-state index in [4.69, 9.17) is 11.6 Å². The predicted molar refractivity (Wildman–Crippen MR) is 63.1 cm³/mol. The highest BCUT2D eigenvalue weighted by atomic mass is 127. The van der Waals surface area contributed by atoms with Gasteiger partial charge in [0.2, 0.25) is 3.83 Å². The molecule has 0 radical (unpaired) electrons. The standard InChI is InChI=1S/C8H4ClIN2S/c9-6-4-2-1-3-5(6)7-11-8(10)12-13-7/h1-4H. The topological polar surface area (TPSA) is 25.8 Å². The number of hydrogen-bond acceptors (Lipinski definition) is 3. The van der Waals surface area contributed by atoms with Crippen molar-refractivity contribution in [3.05, 3.63) is 33.1 Å². The summed E-state index contributed by atoms with van der Waals surface area (Å²) in [7, 11) is 0. The quantitative estimate of drug-likeness (QED) is 0.751. The van der Waals surface area contributed by atoms with Crippen molar-refractivity contribution in [3.63, 3.8) is 0 Å². The Bertz CT molecular complexity index is 430. The van der Waals surface area contributed by atoms with Gasteiger partial charge in [-0.3, -0.25) is 0 Å². The number of nitrogens with zero attached hydrogens (tertiary/aromatic N) is 2. The van der Waals surface area contributed by atoms with Crippen molar-refractivity contribution in [2.45, 2.75) is 0 Å². The molecule has 0 fully saturated rings. The smallest absolute Gasteiger partial charge is 0.203 e. The Balaban J connectivity index is 2.52. The van der Waals surface area contributed by atoms with Gasteiger partial charge in [-0.2, -0.15) is 4.37 Å². The van der Waals surface area contributed by atoms with Crippen molar-refractivity contribution in [1.29, 1.82) is 0 Å². The van der Waals surface area contributed by atoms with Crippen LogP contribution < -0.4 is 0 Å². The lowest BCUT2D eigenvalue weighted by molar-refractivity contribution is 1.25. The van der Waals surface area contributed by atoms with Crippen molar-refractivity contribution in [3.8, 4) is 10.6 Å². The summed E-state index contributed by atoms with van der Waals surface area (Å²) < 4.78 is 4.85. The second-order valence-corrected chi connectivity index (χ2v) is 4.47. The minimum atomic E-state index is 0.718. The largest absolute Gasteiger partial charge is 0.210 e. The summed E-state index contributed by atoms with van der Waals surface area (Å²) in [6, 6.07) is 7.64. The van der Waals surface area contributed by atoms with Crippen molar-refractivity contribution in [1.82, 2.24) is 9.36 Å². The molecule has 0 aliphatic rings. The van der Waals surface area contributed by atoms with Crippen LogP contribution in [0.3, 0.4) is 0 Å². The van der Waals surface area contributed by atoms with Crippen molar-refractivity contribution in [2.24, 2.45) is 0 Å². The lowest BCUT2D eigenvalue weighted by Crippen LogP contribution is -1.77. The van der Waals surface area contributed by atoms with Crippen LogP contribution >= 0.6 is 45.7 Å². The van der Waals surface area contributed by atoms with Gasteiger partial charge in [-0.05, 0) is 17.6 Å². The third-order valence-electron chi connectivity index (χ3n) is 1.51. The summed E-state index contributed by atoms with van der Waals surface area (Å²) in [4.78, 5) is 4.25. The monoisotopic (exact) mass is 322 g/mol. The van der Waals surface area contributed by atoms with Gasteiger partial charge in [0.1, 0.15) is 5.01 Å². The number of hydrogen-bond donors (Lipinski definition) is 0. The molecule has 2 aromatic rings. The van der Waals surface area contributed by atoms with Gasteiger partial charge >= 0.3 is 0 Å². The van der Waals surface area contributed by atoms with Crippen LogP contribution in [0.15, 0.2) is 24.3 Å². The molecular weight excluding hydrogens is 319 g/mol. The first-order valence-electron chi connectivity index (χ1n) is 3.51. The summed E-state index contributed by atoms with van der Waals surface area (Å²) in [5, 5.41) is 1.59. The van der Waals surface area contributed by atoms with E-state index in [1.165, 1.54) is 11.5 Å². The molecule has 13 heavy (non-hydrogen) atoms. The molecule has 2 rings (SSSR count). The van der Waals surface area contributed by atoms with Crippen LogP contribution in [-0.2, 0) is 0 Å². The average Bonchev–Trinajstić information content (AvgIpc) is 2.53. The molecule has 1 heterocycles. The number of benzene rings is 1. The Labute approximate surface area is 98.3 Å². The Morgan fingerprint density at radius 1 is 1.31 bits per heavy atom. The summed E-state index contributed by atoms with van der Waals surface area (Å²) in [5.41, 5.74) is 0.949. The van der Waals surface area contributed by atoms with E-state index < -0.39 is 0 Å². The van der Waals surface area contributed by atoms with E-state index in [0.717, 1.165) is 19.4 Å². The number of halogens is 2. The molecule has 1 aromatic heterocycles. The number of aromatic nitrogens is 2. The van der Waals surface area contributed by atoms with E-state index in [9.17, 15) is 0 Å². The van der Waals surface area contributed by atoms with Crippen LogP contribution in [0.25, 0.3) is 10.6 Å². The van der Waals surface area contributed by atoms with Gasteiger partial charge in [-0.1, -0.05) is 29.8 Å². The Kier molecular flexibility index (Phi) is 2.80. The lowest BCUT2D eigenvalue weighted by atomic mass is 10.2. The molecule has 0 N–H and O–H groups in total. The zero-order valence-electron chi connectivity index (χ0n) is 6.37. The number of rotatable bonds is 1. The lowest BCUT2D eigenvalue weighted by Gasteiger charge is -1.96. The minimum absolute atomic E-state index is 0.718. The molecule has 0 saturated carbocycles. The maximum Gasteiger partial charge on any atom is 0.203 e. The van der Waals surface area contributed by atoms with Crippen LogP contribution in [0.2, 0.25) is 5.02 Å². The maximum atomic E-state index is 6.00. The van der Waals surface area contributed by atoms with E-state index in [1.54, 1.807) is 0 Å². The third kappa shape index (κ3) is 2.00. The van der Waals surface area contributed by atoms with Gasteiger partial charge in [0, 0.05) is 28.2 Å². The molecule has 0 unspecified atom stereocenters. The van der Waals surface area contributed by atoms with Crippen LogP contribution in [0.1, 0.15) is 0 Å². The molecule has 1 aromatic carbocycles. The second kappa shape index (κ2) is 3.89.